The molecule has 4 rings (SSSR count). The van der Waals surface area contributed by atoms with Gasteiger partial charge in [0.25, 0.3) is 0 Å². The van der Waals surface area contributed by atoms with Gasteiger partial charge in [-0.15, -0.1) is 10.2 Å². The van der Waals surface area contributed by atoms with Crippen molar-refractivity contribution in [1.82, 2.24) is 20.1 Å². The monoisotopic (exact) mass is 444 g/mol. The normalized spacial score (nSPS) is 15.8. The van der Waals surface area contributed by atoms with Crippen LogP contribution in [0.15, 0.2) is 65.8 Å². The highest BCUT2D eigenvalue weighted by Gasteiger charge is 2.52. The third-order valence-corrected chi connectivity index (χ3v) is 8.29. The van der Waals surface area contributed by atoms with Crippen molar-refractivity contribution in [3.63, 3.8) is 0 Å². The van der Waals surface area contributed by atoms with Crippen molar-refractivity contribution in [2.75, 3.05) is 0 Å². The van der Waals surface area contributed by atoms with Gasteiger partial charge in [-0.1, -0.05) is 42.6 Å². The molecule has 0 unspecified atom stereocenters. The summed E-state index contributed by atoms with van der Waals surface area (Å²) in [5, 5.41) is 11.2. The lowest BCUT2D eigenvalue weighted by atomic mass is 10.1. The number of amides is 1. The summed E-state index contributed by atoms with van der Waals surface area (Å²) in [5.41, 5.74) is 0.858. The van der Waals surface area contributed by atoms with Gasteiger partial charge in [0.05, 0.1) is 11.4 Å². The maximum Gasteiger partial charge on any atom is 0.242 e. The van der Waals surface area contributed by atoms with Gasteiger partial charge in [0.1, 0.15) is 6.33 Å². The highest BCUT2D eigenvalue weighted by molar-refractivity contribution is 7.93. The van der Waals surface area contributed by atoms with Crippen molar-refractivity contribution in [3.05, 3.63) is 71.8 Å². The van der Waals surface area contributed by atoms with Crippen molar-refractivity contribution in [2.45, 2.75) is 41.9 Å². The zero-order valence-electron chi connectivity index (χ0n) is 16.2. The molecule has 0 saturated heterocycles. The Balaban J connectivity index is 1.59. The molecule has 0 radical (unpaired) electrons. The van der Waals surface area contributed by atoms with Crippen LogP contribution in [-0.4, -0.2) is 33.8 Å². The standard InChI is InChI=1S/C21H21ClN4O3S/c22-16-8-10-18(11-9-16)30(28,29)21(12-4-5-13-21)20(27)23-14-19-25-24-15-26(19)17-6-2-1-3-7-17/h1-3,6-11,15H,4-5,12-14H2,(H,23,27). The van der Waals surface area contributed by atoms with Gasteiger partial charge >= 0.3 is 0 Å². The van der Waals surface area contributed by atoms with Crippen LogP contribution in [0.3, 0.4) is 0 Å². The van der Waals surface area contributed by atoms with E-state index in [1.807, 2.05) is 30.3 Å². The van der Waals surface area contributed by atoms with E-state index >= 15 is 0 Å². The average molecular weight is 445 g/mol. The van der Waals surface area contributed by atoms with Gasteiger partial charge in [-0.3, -0.25) is 9.36 Å². The van der Waals surface area contributed by atoms with Gasteiger partial charge in [0, 0.05) is 10.7 Å². The third-order valence-electron chi connectivity index (χ3n) is 5.52. The number of carbonyl (C=O) groups is 1. The van der Waals surface area contributed by atoms with Crippen LogP contribution in [0.2, 0.25) is 5.02 Å². The first-order valence-electron chi connectivity index (χ1n) is 9.67. The minimum atomic E-state index is -3.88. The maximum absolute atomic E-state index is 13.4. The number of hydrogen-bond acceptors (Lipinski definition) is 5. The van der Waals surface area contributed by atoms with E-state index in [4.69, 9.17) is 11.6 Å². The topological polar surface area (TPSA) is 93.9 Å². The van der Waals surface area contributed by atoms with E-state index in [-0.39, 0.29) is 24.3 Å². The highest BCUT2D eigenvalue weighted by atomic mass is 35.5. The number of aromatic nitrogens is 3. The molecule has 0 aliphatic heterocycles. The number of hydrogen-bond donors (Lipinski definition) is 1. The first kappa shape index (κ1) is 20.6. The van der Waals surface area contributed by atoms with Gasteiger partial charge in [-0.25, -0.2) is 8.42 Å². The lowest BCUT2D eigenvalue weighted by molar-refractivity contribution is -0.123. The molecular formula is C21H21ClN4O3S. The number of nitrogens with zero attached hydrogens (tertiary/aromatic N) is 3. The summed E-state index contributed by atoms with van der Waals surface area (Å²) in [4.78, 5) is 13.3. The van der Waals surface area contributed by atoms with E-state index in [2.05, 4.69) is 15.5 Å². The molecule has 1 fully saturated rings. The van der Waals surface area contributed by atoms with E-state index in [1.54, 1.807) is 10.9 Å². The van der Waals surface area contributed by atoms with Crippen LogP contribution in [0, 0.1) is 0 Å². The highest BCUT2D eigenvalue weighted by Crippen LogP contribution is 2.41. The molecule has 156 valence electrons. The molecule has 1 N–H and O–H groups in total. The second-order valence-electron chi connectivity index (χ2n) is 7.29. The number of halogens is 1. The Hall–Kier alpha value is -2.71. The average Bonchev–Trinajstić information content (AvgIpc) is 3.43. The van der Waals surface area contributed by atoms with Crippen LogP contribution < -0.4 is 5.32 Å². The first-order chi connectivity index (χ1) is 14.4. The molecule has 1 aliphatic carbocycles. The molecule has 0 atom stereocenters. The van der Waals surface area contributed by atoms with Gasteiger partial charge < -0.3 is 5.32 Å². The molecule has 30 heavy (non-hydrogen) atoms. The summed E-state index contributed by atoms with van der Waals surface area (Å²) in [7, 11) is -3.88. The van der Waals surface area contributed by atoms with E-state index in [0.717, 1.165) is 5.69 Å². The summed E-state index contributed by atoms with van der Waals surface area (Å²) in [6.07, 6.45) is 3.50. The van der Waals surface area contributed by atoms with Gasteiger partial charge in [-0.2, -0.15) is 0 Å². The van der Waals surface area contributed by atoms with Crippen LogP contribution in [0.5, 0.6) is 0 Å². The predicted octanol–water partition coefficient (Wildman–Crippen LogP) is 3.32. The second-order valence-corrected chi connectivity index (χ2v) is 9.99. The van der Waals surface area contributed by atoms with Crippen LogP contribution in [0.25, 0.3) is 5.69 Å². The first-order valence-corrected chi connectivity index (χ1v) is 11.5. The fraction of sp³-hybridized carbons (Fsp3) is 0.286. The Morgan fingerprint density at radius 2 is 1.73 bits per heavy atom. The van der Waals surface area contributed by atoms with Crippen molar-refractivity contribution in [1.29, 1.82) is 0 Å². The smallest absolute Gasteiger partial charge is 0.242 e. The largest absolute Gasteiger partial charge is 0.347 e. The van der Waals surface area contributed by atoms with Gasteiger partial charge in [-0.05, 0) is 49.2 Å². The Morgan fingerprint density at radius 3 is 2.40 bits per heavy atom. The van der Waals surface area contributed by atoms with Crippen molar-refractivity contribution in [2.24, 2.45) is 0 Å². The van der Waals surface area contributed by atoms with Gasteiger partial charge in [0.15, 0.2) is 20.4 Å². The van der Waals surface area contributed by atoms with Gasteiger partial charge in [0.2, 0.25) is 5.91 Å². The Morgan fingerprint density at radius 1 is 1.07 bits per heavy atom. The summed E-state index contributed by atoms with van der Waals surface area (Å²) < 4.78 is 27.1. The lowest BCUT2D eigenvalue weighted by Crippen LogP contribution is -2.50. The van der Waals surface area contributed by atoms with E-state index in [9.17, 15) is 13.2 Å². The Kier molecular flexibility index (Phi) is 5.62. The summed E-state index contributed by atoms with van der Waals surface area (Å²) >= 11 is 5.90. The Bertz CT molecular complexity index is 1140. The predicted molar refractivity (Wildman–Crippen MR) is 113 cm³/mol. The van der Waals surface area contributed by atoms with Crippen LogP contribution in [0.1, 0.15) is 31.5 Å². The second kappa shape index (κ2) is 8.20. The summed E-state index contributed by atoms with van der Waals surface area (Å²) in [6, 6.07) is 15.5. The number of nitrogens with one attached hydrogen (secondary N) is 1. The lowest BCUT2D eigenvalue weighted by Gasteiger charge is -2.27. The zero-order valence-corrected chi connectivity index (χ0v) is 17.7. The molecule has 9 heteroatoms. The molecule has 3 aromatic rings. The van der Waals surface area contributed by atoms with E-state index in [1.165, 1.54) is 24.3 Å². The maximum atomic E-state index is 13.4. The number of sulfone groups is 1. The van der Waals surface area contributed by atoms with Crippen molar-refractivity contribution >= 4 is 27.3 Å². The van der Waals surface area contributed by atoms with E-state index in [0.29, 0.717) is 23.7 Å². The molecule has 7 nitrogen and oxygen atoms in total. The van der Waals surface area contributed by atoms with E-state index < -0.39 is 20.5 Å². The molecule has 0 bridgehead atoms. The van der Waals surface area contributed by atoms with Crippen molar-refractivity contribution < 1.29 is 13.2 Å². The van der Waals surface area contributed by atoms with Crippen LogP contribution in [-0.2, 0) is 21.2 Å². The number of benzene rings is 2. The van der Waals surface area contributed by atoms with Crippen LogP contribution >= 0.6 is 11.6 Å². The molecule has 1 saturated carbocycles. The number of carbonyl (C=O) groups excluding carboxylic acids is 1. The molecule has 1 aliphatic rings. The third kappa shape index (κ3) is 3.61. The van der Waals surface area contributed by atoms with Crippen LogP contribution in [0.4, 0.5) is 0 Å². The SMILES string of the molecule is O=C(NCc1nncn1-c1ccccc1)C1(S(=O)(=O)c2ccc(Cl)cc2)CCCC1. The number of para-hydroxylation sites is 1. The minimum Gasteiger partial charge on any atom is -0.347 e. The fourth-order valence-electron chi connectivity index (χ4n) is 3.91. The fourth-order valence-corrected chi connectivity index (χ4v) is 6.12. The molecular weight excluding hydrogens is 424 g/mol. The molecule has 2 aromatic carbocycles. The zero-order chi connectivity index (χ0) is 21.2. The molecule has 1 heterocycles. The molecule has 0 spiro atoms. The van der Waals surface area contributed by atoms with Crippen molar-refractivity contribution in [3.8, 4) is 5.69 Å². The quantitative estimate of drug-likeness (QED) is 0.629. The summed E-state index contributed by atoms with van der Waals surface area (Å²) in [5.74, 6) is 0.0177. The summed E-state index contributed by atoms with van der Waals surface area (Å²) in [6.45, 7) is 0.0750. The Labute approximate surface area is 180 Å². The molecule has 1 aromatic heterocycles. The number of rotatable bonds is 6. The molecule has 1 amide bonds. The minimum absolute atomic E-state index is 0.0750.